The number of fused-ring (bicyclic) bond motifs is 2. The standard InChI is InChI=1S/C33H35F2NO5/c1-17-9-10-24(34)23(14-17)31(37)36-12-11-21-26(36)15-18(2)27(30(32(38)39)41-33(4,5)6)28(21)22-16-25(35)29-20(19(22)3)8-7-13-40-29/h9-10,14-16,30H,7-8,11-13H2,1-6H3,(H,38,39). The molecule has 2 aliphatic heterocycles. The fraction of sp³-hybridized carbons (Fsp3) is 0.394. The van der Waals surface area contributed by atoms with E-state index in [1.165, 1.54) is 23.1 Å². The van der Waals surface area contributed by atoms with Crippen LogP contribution >= 0.6 is 0 Å². The number of halogens is 2. The first-order valence-corrected chi connectivity index (χ1v) is 13.9. The highest BCUT2D eigenvalue weighted by Crippen LogP contribution is 2.48. The van der Waals surface area contributed by atoms with Gasteiger partial charge in [0.15, 0.2) is 17.7 Å². The summed E-state index contributed by atoms with van der Waals surface area (Å²) >= 11 is 0. The van der Waals surface area contributed by atoms with Crippen LogP contribution in [0.5, 0.6) is 5.75 Å². The Balaban J connectivity index is 1.78. The third-order valence-electron chi connectivity index (χ3n) is 7.80. The zero-order valence-corrected chi connectivity index (χ0v) is 24.3. The van der Waals surface area contributed by atoms with Crippen molar-refractivity contribution in [2.75, 3.05) is 18.1 Å². The molecular formula is C33H35F2NO5. The molecule has 2 aliphatic rings. The zero-order valence-electron chi connectivity index (χ0n) is 24.3. The lowest BCUT2D eigenvalue weighted by atomic mass is 9.83. The predicted molar refractivity (Wildman–Crippen MR) is 153 cm³/mol. The number of rotatable bonds is 5. The number of aryl methyl sites for hydroxylation is 2. The lowest BCUT2D eigenvalue weighted by molar-refractivity contribution is -0.160. The lowest BCUT2D eigenvalue weighted by Crippen LogP contribution is -2.30. The lowest BCUT2D eigenvalue weighted by Gasteiger charge is -2.30. The molecule has 1 unspecified atom stereocenters. The molecule has 1 N–H and O–H groups in total. The molecule has 41 heavy (non-hydrogen) atoms. The van der Waals surface area contributed by atoms with Gasteiger partial charge in [-0.05, 0) is 113 Å². The molecule has 0 aliphatic carbocycles. The largest absolute Gasteiger partial charge is 0.490 e. The second-order valence-corrected chi connectivity index (χ2v) is 11.9. The van der Waals surface area contributed by atoms with Crippen LogP contribution in [0.2, 0.25) is 0 Å². The summed E-state index contributed by atoms with van der Waals surface area (Å²) in [6.07, 6.45) is 0.412. The van der Waals surface area contributed by atoms with Crippen molar-refractivity contribution in [2.24, 2.45) is 0 Å². The molecule has 5 rings (SSSR count). The van der Waals surface area contributed by atoms with E-state index in [-0.39, 0.29) is 17.9 Å². The summed E-state index contributed by atoms with van der Waals surface area (Å²) in [5.41, 5.74) is 4.82. The van der Waals surface area contributed by atoms with Gasteiger partial charge in [0.05, 0.1) is 17.8 Å². The van der Waals surface area contributed by atoms with Crippen molar-refractivity contribution in [1.82, 2.24) is 0 Å². The second kappa shape index (κ2) is 10.6. The first-order valence-electron chi connectivity index (χ1n) is 13.9. The highest BCUT2D eigenvalue weighted by Gasteiger charge is 2.37. The van der Waals surface area contributed by atoms with Crippen molar-refractivity contribution >= 4 is 17.6 Å². The van der Waals surface area contributed by atoms with E-state index in [1.807, 2.05) is 6.92 Å². The molecular weight excluding hydrogens is 528 g/mol. The summed E-state index contributed by atoms with van der Waals surface area (Å²) in [7, 11) is 0. The number of carbonyl (C=O) groups is 2. The summed E-state index contributed by atoms with van der Waals surface area (Å²) in [5.74, 6) is -2.55. The number of anilines is 1. The van der Waals surface area contributed by atoms with E-state index in [1.54, 1.807) is 46.8 Å². The number of ether oxygens (including phenoxy) is 2. The molecule has 3 aromatic rings. The van der Waals surface area contributed by atoms with Gasteiger partial charge >= 0.3 is 5.97 Å². The van der Waals surface area contributed by atoms with Crippen molar-refractivity contribution in [3.63, 3.8) is 0 Å². The average molecular weight is 564 g/mol. The molecule has 216 valence electrons. The van der Waals surface area contributed by atoms with E-state index in [0.29, 0.717) is 53.0 Å². The number of carboxylic acids is 1. The fourth-order valence-electron chi connectivity index (χ4n) is 6.00. The third kappa shape index (κ3) is 5.21. The maximum Gasteiger partial charge on any atom is 0.337 e. The molecule has 6 nitrogen and oxygen atoms in total. The van der Waals surface area contributed by atoms with E-state index in [9.17, 15) is 19.1 Å². The molecule has 1 amide bonds. The molecule has 3 aromatic carbocycles. The molecule has 1 atom stereocenters. The molecule has 0 aromatic heterocycles. The van der Waals surface area contributed by atoms with Crippen LogP contribution in [-0.4, -0.2) is 35.7 Å². The third-order valence-corrected chi connectivity index (χ3v) is 7.80. The van der Waals surface area contributed by atoms with Crippen molar-refractivity contribution in [1.29, 1.82) is 0 Å². The second-order valence-electron chi connectivity index (χ2n) is 11.9. The topological polar surface area (TPSA) is 76.1 Å². The predicted octanol–water partition coefficient (Wildman–Crippen LogP) is 7.03. The maximum absolute atomic E-state index is 15.5. The van der Waals surface area contributed by atoms with E-state index >= 15 is 4.39 Å². The van der Waals surface area contributed by atoms with E-state index < -0.39 is 35.2 Å². The van der Waals surface area contributed by atoms with Gasteiger partial charge in [-0.15, -0.1) is 0 Å². The Morgan fingerprint density at radius 2 is 1.76 bits per heavy atom. The minimum absolute atomic E-state index is 0.0336. The molecule has 0 saturated heterocycles. The normalized spacial score (nSPS) is 15.3. The molecule has 2 heterocycles. The highest BCUT2D eigenvalue weighted by molar-refractivity contribution is 6.08. The van der Waals surface area contributed by atoms with Crippen LogP contribution in [0, 0.1) is 32.4 Å². The molecule has 0 fully saturated rings. The Morgan fingerprint density at radius 1 is 1.02 bits per heavy atom. The Hall–Kier alpha value is -3.78. The summed E-state index contributed by atoms with van der Waals surface area (Å²) in [6, 6.07) is 7.58. The molecule has 0 saturated carbocycles. The van der Waals surface area contributed by atoms with Crippen LogP contribution in [-0.2, 0) is 22.4 Å². The van der Waals surface area contributed by atoms with Crippen molar-refractivity contribution in [2.45, 2.75) is 72.5 Å². The SMILES string of the molecule is Cc1ccc(F)c(C(=O)N2CCc3c2cc(C)c(C(OC(C)(C)C)C(=O)O)c3-c2cc(F)c3c(c2C)CCCO3)c1. The fourth-order valence-corrected chi connectivity index (χ4v) is 6.00. The van der Waals surface area contributed by atoms with Gasteiger partial charge in [0.1, 0.15) is 5.82 Å². The van der Waals surface area contributed by atoms with Gasteiger partial charge in [-0.1, -0.05) is 11.6 Å². The van der Waals surface area contributed by atoms with Crippen LogP contribution in [0.15, 0.2) is 30.3 Å². The Labute approximate surface area is 238 Å². The number of hydrogen-bond acceptors (Lipinski definition) is 4. The van der Waals surface area contributed by atoms with Gasteiger partial charge < -0.3 is 19.5 Å². The van der Waals surface area contributed by atoms with Gasteiger partial charge in [-0.25, -0.2) is 13.6 Å². The smallest absolute Gasteiger partial charge is 0.337 e. The minimum Gasteiger partial charge on any atom is -0.490 e. The Morgan fingerprint density at radius 3 is 2.44 bits per heavy atom. The number of amides is 1. The first kappa shape index (κ1) is 28.7. The van der Waals surface area contributed by atoms with Crippen LogP contribution in [0.4, 0.5) is 14.5 Å². The highest BCUT2D eigenvalue weighted by atomic mass is 19.1. The average Bonchev–Trinajstić information content (AvgIpc) is 3.32. The van der Waals surface area contributed by atoms with Crippen LogP contribution in [0.3, 0.4) is 0 Å². The van der Waals surface area contributed by atoms with Crippen LogP contribution in [0.25, 0.3) is 11.1 Å². The quantitative estimate of drug-likeness (QED) is 0.361. The number of carbonyl (C=O) groups excluding carboxylic acids is 1. The number of nitrogens with zero attached hydrogens (tertiary/aromatic N) is 1. The number of hydrogen-bond donors (Lipinski definition) is 1. The number of carboxylic acid groups (broad SMARTS) is 1. The van der Waals surface area contributed by atoms with Gasteiger partial charge in [0.2, 0.25) is 0 Å². The van der Waals surface area contributed by atoms with E-state index in [2.05, 4.69) is 0 Å². The van der Waals surface area contributed by atoms with Crippen molar-refractivity contribution in [3.8, 4) is 16.9 Å². The molecule has 0 radical (unpaired) electrons. The summed E-state index contributed by atoms with van der Waals surface area (Å²) in [4.78, 5) is 27.9. The van der Waals surface area contributed by atoms with Gasteiger partial charge in [-0.3, -0.25) is 4.79 Å². The van der Waals surface area contributed by atoms with Crippen molar-refractivity contribution < 1.29 is 33.0 Å². The molecule has 0 bridgehead atoms. The summed E-state index contributed by atoms with van der Waals surface area (Å²) < 4.78 is 42.1. The van der Waals surface area contributed by atoms with Gasteiger partial charge in [0, 0.05) is 23.4 Å². The molecule has 8 heteroatoms. The number of benzene rings is 3. The van der Waals surface area contributed by atoms with Gasteiger partial charge in [0.25, 0.3) is 5.91 Å². The first-order chi connectivity index (χ1) is 19.3. The maximum atomic E-state index is 15.5. The summed E-state index contributed by atoms with van der Waals surface area (Å²) in [5, 5.41) is 10.4. The summed E-state index contributed by atoms with van der Waals surface area (Å²) in [6.45, 7) is 11.5. The number of aliphatic carboxylic acids is 1. The van der Waals surface area contributed by atoms with E-state index in [4.69, 9.17) is 9.47 Å². The van der Waals surface area contributed by atoms with Crippen LogP contribution in [0.1, 0.15) is 77.0 Å². The monoisotopic (exact) mass is 563 g/mol. The van der Waals surface area contributed by atoms with Crippen LogP contribution < -0.4 is 9.64 Å². The van der Waals surface area contributed by atoms with Crippen molar-refractivity contribution in [3.05, 3.63) is 80.9 Å². The van der Waals surface area contributed by atoms with Gasteiger partial charge in [-0.2, -0.15) is 0 Å². The minimum atomic E-state index is -1.34. The Bertz CT molecular complexity index is 1570. The van der Waals surface area contributed by atoms with E-state index in [0.717, 1.165) is 23.1 Å². The zero-order chi connectivity index (χ0) is 29.8. The Kier molecular flexibility index (Phi) is 7.40. The molecule has 0 spiro atoms.